The zero-order valence-corrected chi connectivity index (χ0v) is 15.0. The minimum Gasteiger partial charge on any atom is -0.310 e. The molecule has 0 heterocycles. The van der Waals surface area contributed by atoms with Crippen LogP contribution >= 0.6 is 15.9 Å². The van der Waals surface area contributed by atoms with Crippen LogP contribution in [0.5, 0.6) is 0 Å². The highest BCUT2D eigenvalue weighted by Crippen LogP contribution is 2.26. The predicted molar refractivity (Wildman–Crippen MR) is 93.1 cm³/mol. The smallest absolute Gasteiger partial charge is 0.128 e. The Bertz CT molecular complexity index is 395. The first-order chi connectivity index (χ1) is 10.2. The van der Waals surface area contributed by atoms with E-state index in [4.69, 9.17) is 0 Å². The van der Waals surface area contributed by atoms with Crippen LogP contribution in [-0.4, -0.2) is 6.54 Å². The summed E-state index contributed by atoms with van der Waals surface area (Å²) < 4.78 is 15.0. The van der Waals surface area contributed by atoms with E-state index in [1.807, 2.05) is 6.07 Å². The van der Waals surface area contributed by atoms with Crippen LogP contribution in [0.1, 0.15) is 76.8 Å². The molecule has 120 valence electrons. The highest BCUT2D eigenvalue weighted by Gasteiger charge is 2.15. The van der Waals surface area contributed by atoms with Crippen LogP contribution in [0.4, 0.5) is 4.39 Å². The van der Waals surface area contributed by atoms with Gasteiger partial charge in [-0.2, -0.15) is 0 Å². The molecule has 0 saturated carbocycles. The molecule has 1 nitrogen and oxygen atoms in total. The second-order valence-corrected chi connectivity index (χ2v) is 6.64. The Morgan fingerprint density at radius 3 is 2.48 bits per heavy atom. The fourth-order valence-electron chi connectivity index (χ4n) is 2.60. The van der Waals surface area contributed by atoms with E-state index in [1.54, 1.807) is 12.1 Å². The van der Waals surface area contributed by atoms with Crippen molar-refractivity contribution in [3.63, 3.8) is 0 Å². The lowest BCUT2D eigenvalue weighted by molar-refractivity contribution is 0.448. The van der Waals surface area contributed by atoms with E-state index in [9.17, 15) is 4.39 Å². The van der Waals surface area contributed by atoms with Crippen LogP contribution in [0.25, 0.3) is 0 Å². The molecular formula is C18H29BrFN. The third-order valence-corrected chi connectivity index (χ3v) is 4.31. The normalized spacial score (nSPS) is 12.6. The monoisotopic (exact) mass is 357 g/mol. The molecule has 0 saturated heterocycles. The van der Waals surface area contributed by atoms with Crippen molar-refractivity contribution < 1.29 is 4.39 Å². The van der Waals surface area contributed by atoms with Gasteiger partial charge < -0.3 is 5.32 Å². The van der Waals surface area contributed by atoms with Gasteiger partial charge in [-0.1, -0.05) is 68.3 Å². The van der Waals surface area contributed by atoms with Gasteiger partial charge in [-0.05, 0) is 37.6 Å². The average Bonchev–Trinajstić information content (AvgIpc) is 2.48. The second-order valence-electron chi connectivity index (χ2n) is 5.73. The minimum atomic E-state index is -0.0993. The molecule has 21 heavy (non-hydrogen) atoms. The van der Waals surface area contributed by atoms with Gasteiger partial charge >= 0.3 is 0 Å². The van der Waals surface area contributed by atoms with Crippen molar-refractivity contribution in [2.75, 3.05) is 6.54 Å². The number of rotatable bonds is 11. The molecule has 1 atom stereocenters. The van der Waals surface area contributed by atoms with E-state index >= 15 is 0 Å². The number of nitrogens with one attached hydrogen (secondary N) is 1. The molecule has 1 aromatic carbocycles. The van der Waals surface area contributed by atoms with Crippen LogP contribution < -0.4 is 5.32 Å². The molecule has 0 aromatic heterocycles. The highest BCUT2D eigenvalue weighted by molar-refractivity contribution is 9.10. The maximum Gasteiger partial charge on any atom is 0.128 e. The zero-order valence-electron chi connectivity index (χ0n) is 13.4. The molecule has 0 radical (unpaired) electrons. The van der Waals surface area contributed by atoms with Crippen molar-refractivity contribution in [1.29, 1.82) is 0 Å². The lowest BCUT2D eigenvalue weighted by Crippen LogP contribution is -2.23. The Balaban J connectivity index is 2.52. The highest BCUT2D eigenvalue weighted by atomic mass is 79.9. The van der Waals surface area contributed by atoms with Crippen LogP contribution in [0, 0.1) is 5.82 Å². The van der Waals surface area contributed by atoms with Crippen molar-refractivity contribution in [2.45, 2.75) is 71.3 Å². The van der Waals surface area contributed by atoms with Gasteiger partial charge in [0.15, 0.2) is 0 Å². The Labute approximate surface area is 137 Å². The maximum absolute atomic E-state index is 14.1. The van der Waals surface area contributed by atoms with Crippen molar-refractivity contribution in [1.82, 2.24) is 5.32 Å². The molecule has 0 bridgehead atoms. The largest absolute Gasteiger partial charge is 0.310 e. The van der Waals surface area contributed by atoms with Gasteiger partial charge in [0.25, 0.3) is 0 Å². The number of hydrogen-bond donors (Lipinski definition) is 1. The van der Waals surface area contributed by atoms with Gasteiger partial charge in [0.1, 0.15) is 5.82 Å². The average molecular weight is 358 g/mol. The summed E-state index contributed by atoms with van der Waals surface area (Å²) in [6.07, 6.45) is 9.74. The molecule has 1 rings (SSSR count). The van der Waals surface area contributed by atoms with Crippen LogP contribution in [0.15, 0.2) is 22.7 Å². The van der Waals surface area contributed by atoms with Gasteiger partial charge in [0, 0.05) is 16.1 Å². The summed E-state index contributed by atoms with van der Waals surface area (Å²) in [5.74, 6) is -0.0993. The molecule has 0 spiro atoms. The summed E-state index contributed by atoms with van der Waals surface area (Å²) in [4.78, 5) is 0. The quantitative estimate of drug-likeness (QED) is 0.453. The standard InChI is InChI=1S/C18H29BrFN/c1-3-5-6-7-8-9-10-18(21-13-4-2)16-14-15(19)11-12-17(16)20/h11-12,14,18,21H,3-10,13H2,1-2H3. The molecule has 0 aliphatic rings. The summed E-state index contributed by atoms with van der Waals surface area (Å²) in [5.41, 5.74) is 0.798. The number of halogens is 2. The third kappa shape index (κ3) is 7.42. The molecular weight excluding hydrogens is 329 g/mol. The van der Waals surface area contributed by atoms with E-state index in [2.05, 4.69) is 35.1 Å². The van der Waals surface area contributed by atoms with E-state index in [0.717, 1.165) is 35.8 Å². The molecule has 1 aromatic rings. The van der Waals surface area contributed by atoms with Gasteiger partial charge in [-0.15, -0.1) is 0 Å². The van der Waals surface area contributed by atoms with Gasteiger partial charge in [-0.3, -0.25) is 0 Å². The zero-order chi connectivity index (χ0) is 15.5. The molecule has 1 unspecified atom stereocenters. The van der Waals surface area contributed by atoms with Crippen LogP contribution in [0.3, 0.4) is 0 Å². The summed E-state index contributed by atoms with van der Waals surface area (Å²) in [7, 11) is 0. The predicted octanol–water partition coefficient (Wildman–Crippen LogP) is 6.38. The number of hydrogen-bond acceptors (Lipinski definition) is 1. The van der Waals surface area contributed by atoms with Gasteiger partial charge in [0.05, 0.1) is 0 Å². The van der Waals surface area contributed by atoms with Crippen LogP contribution in [0.2, 0.25) is 0 Å². The van der Waals surface area contributed by atoms with E-state index in [-0.39, 0.29) is 11.9 Å². The first-order valence-corrected chi connectivity index (χ1v) is 9.16. The topological polar surface area (TPSA) is 12.0 Å². The molecule has 0 amide bonds. The molecule has 0 aliphatic heterocycles. The van der Waals surface area contributed by atoms with Crippen molar-refractivity contribution >= 4 is 15.9 Å². The van der Waals surface area contributed by atoms with Crippen molar-refractivity contribution in [2.24, 2.45) is 0 Å². The minimum absolute atomic E-state index is 0.0993. The number of unbranched alkanes of at least 4 members (excludes halogenated alkanes) is 5. The second kappa shape index (κ2) is 11.2. The van der Waals surface area contributed by atoms with Crippen LogP contribution in [-0.2, 0) is 0 Å². The summed E-state index contributed by atoms with van der Waals surface area (Å²) in [5, 5.41) is 3.49. The lowest BCUT2D eigenvalue weighted by Gasteiger charge is -2.20. The molecule has 0 fully saturated rings. The fourth-order valence-corrected chi connectivity index (χ4v) is 2.98. The summed E-state index contributed by atoms with van der Waals surface area (Å²) >= 11 is 3.45. The molecule has 0 aliphatic carbocycles. The van der Waals surface area contributed by atoms with Crippen molar-refractivity contribution in [3.05, 3.63) is 34.1 Å². The summed E-state index contributed by atoms with van der Waals surface area (Å²) in [6, 6.07) is 5.37. The molecule has 1 N–H and O–H groups in total. The van der Waals surface area contributed by atoms with Crippen molar-refractivity contribution in [3.8, 4) is 0 Å². The number of benzene rings is 1. The summed E-state index contributed by atoms with van der Waals surface area (Å²) in [6.45, 7) is 5.32. The van der Waals surface area contributed by atoms with E-state index in [1.165, 1.54) is 32.1 Å². The lowest BCUT2D eigenvalue weighted by atomic mass is 9.99. The van der Waals surface area contributed by atoms with Gasteiger partial charge in [0.2, 0.25) is 0 Å². The Morgan fingerprint density at radius 2 is 1.76 bits per heavy atom. The first-order valence-electron chi connectivity index (χ1n) is 8.37. The Kier molecular flexibility index (Phi) is 9.94. The molecule has 3 heteroatoms. The third-order valence-electron chi connectivity index (χ3n) is 3.82. The SMILES string of the molecule is CCCCCCCCC(NCCC)c1cc(Br)ccc1F. The maximum atomic E-state index is 14.1. The van der Waals surface area contributed by atoms with E-state index < -0.39 is 0 Å². The van der Waals surface area contributed by atoms with Gasteiger partial charge in [-0.25, -0.2) is 4.39 Å². The van der Waals surface area contributed by atoms with E-state index in [0.29, 0.717) is 0 Å². The Hall–Kier alpha value is -0.410. The first kappa shape index (κ1) is 18.6. The Morgan fingerprint density at radius 1 is 1.05 bits per heavy atom. The fraction of sp³-hybridized carbons (Fsp3) is 0.667.